The first-order valence-electron chi connectivity index (χ1n) is 5.05. The number of hydrogen-bond donors (Lipinski definition) is 0. The quantitative estimate of drug-likeness (QED) is 0.497. The van der Waals surface area contributed by atoms with Gasteiger partial charge in [0.15, 0.2) is 0 Å². The van der Waals surface area contributed by atoms with Crippen molar-refractivity contribution in [3.8, 4) is 0 Å². The molecule has 0 heterocycles. The van der Waals surface area contributed by atoms with E-state index in [-0.39, 0.29) is 0 Å². The summed E-state index contributed by atoms with van der Waals surface area (Å²) in [7, 11) is 0. The summed E-state index contributed by atoms with van der Waals surface area (Å²) in [5.74, 6) is 1.04. The number of rotatable bonds is 0. The van der Waals surface area contributed by atoms with Crippen molar-refractivity contribution in [1.29, 1.82) is 0 Å². The first kappa shape index (κ1) is 7.64. The van der Waals surface area contributed by atoms with Gasteiger partial charge in [0.05, 0.1) is 0 Å². The van der Waals surface area contributed by atoms with Crippen molar-refractivity contribution in [3.63, 3.8) is 0 Å². The van der Waals surface area contributed by atoms with Crippen molar-refractivity contribution in [2.45, 2.75) is 52.9 Å². The van der Waals surface area contributed by atoms with E-state index in [9.17, 15) is 0 Å². The lowest BCUT2D eigenvalue weighted by molar-refractivity contribution is 0.170. The van der Waals surface area contributed by atoms with Crippen LogP contribution in [0.15, 0.2) is 0 Å². The molecule has 2 aliphatic carbocycles. The Morgan fingerprint density at radius 2 is 1.73 bits per heavy atom. The van der Waals surface area contributed by atoms with E-state index in [1.807, 2.05) is 0 Å². The highest BCUT2D eigenvalue weighted by Gasteiger charge is 2.55. The van der Waals surface area contributed by atoms with E-state index in [2.05, 4.69) is 20.8 Å². The second-order valence-electron chi connectivity index (χ2n) is 5.67. The second-order valence-corrected chi connectivity index (χ2v) is 5.67. The van der Waals surface area contributed by atoms with Crippen molar-refractivity contribution in [3.05, 3.63) is 0 Å². The lowest BCUT2D eigenvalue weighted by Crippen LogP contribution is -2.24. The van der Waals surface area contributed by atoms with E-state index in [0.717, 1.165) is 11.3 Å². The molecule has 1 spiro atoms. The van der Waals surface area contributed by atoms with E-state index in [0.29, 0.717) is 5.41 Å². The molecule has 1 unspecified atom stereocenters. The fourth-order valence-corrected chi connectivity index (χ4v) is 3.25. The predicted molar refractivity (Wildman–Crippen MR) is 48.5 cm³/mol. The standard InChI is InChI=1S/C11H20/c1-10(2,3)9-5-4-6-11(9)7-8-11/h9H,4-8H2,1-3H3. The van der Waals surface area contributed by atoms with Crippen LogP contribution in [0.25, 0.3) is 0 Å². The van der Waals surface area contributed by atoms with Gasteiger partial charge in [0, 0.05) is 0 Å². The molecule has 0 aromatic heterocycles. The molecular formula is C11H20. The van der Waals surface area contributed by atoms with Gasteiger partial charge in [-0.25, -0.2) is 0 Å². The van der Waals surface area contributed by atoms with E-state index < -0.39 is 0 Å². The molecule has 0 aromatic rings. The van der Waals surface area contributed by atoms with Crippen LogP contribution in [0.3, 0.4) is 0 Å². The Morgan fingerprint density at radius 3 is 2.09 bits per heavy atom. The van der Waals surface area contributed by atoms with Crippen molar-refractivity contribution in [2.75, 3.05) is 0 Å². The maximum Gasteiger partial charge on any atom is -0.0264 e. The number of hydrogen-bond acceptors (Lipinski definition) is 0. The van der Waals surface area contributed by atoms with Gasteiger partial charge in [-0.2, -0.15) is 0 Å². The maximum absolute atomic E-state index is 2.42. The van der Waals surface area contributed by atoms with Gasteiger partial charge in [-0.15, -0.1) is 0 Å². The monoisotopic (exact) mass is 152 g/mol. The van der Waals surface area contributed by atoms with Gasteiger partial charge in [-0.05, 0) is 42.4 Å². The van der Waals surface area contributed by atoms with Crippen molar-refractivity contribution in [1.82, 2.24) is 0 Å². The second kappa shape index (κ2) is 2.02. The summed E-state index contributed by atoms with van der Waals surface area (Å²) in [6.45, 7) is 7.26. The van der Waals surface area contributed by atoms with Gasteiger partial charge in [0.25, 0.3) is 0 Å². The van der Waals surface area contributed by atoms with Gasteiger partial charge in [0.2, 0.25) is 0 Å². The van der Waals surface area contributed by atoms with Crippen molar-refractivity contribution < 1.29 is 0 Å². The van der Waals surface area contributed by atoms with Crippen LogP contribution in [0.2, 0.25) is 0 Å². The minimum Gasteiger partial charge on any atom is -0.0599 e. The molecule has 2 saturated carbocycles. The normalized spacial score (nSPS) is 34.6. The molecule has 0 bridgehead atoms. The first-order chi connectivity index (χ1) is 5.05. The third kappa shape index (κ3) is 1.11. The van der Waals surface area contributed by atoms with Gasteiger partial charge in [-0.1, -0.05) is 27.2 Å². The molecule has 2 rings (SSSR count). The third-order valence-electron chi connectivity index (χ3n) is 3.84. The maximum atomic E-state index is 2.42. The van der Waals surface area contributed by atoms with E-state index >= 15 is 0 Å². The Hall–Kier alpha value is 0. The van der Waals surface area contributed by atoms with E-state index in [4.69, 9.17) is 0 Å². The van der Waals surface area contributed by atoms with Crippen molar-refractivity contribution >= 4 is 0 Å². The molecular weight excluding hydrogens is 132 g/mol. The molecule has 64 valence electrons. The van der Waals surface area contributed by atoms with Crippen LogP contribution in [-0.2, 0) is 0 Å². The summed E-state index contributed by atoms with van der Waals surface area (Å²) in [6.07, 6.45) is 7.62. The average molecular weight is 152 g/mol. The van der Waals surface area contributed by atoms with Gasteiger partial charge >= 0.3 is 0 Å². The van der Waals surface area contributed by atoms with Crippen LogP contribution in [-0.4, -0.2) is 0 Å². The largest absolute Gasteiger partial charge is 0.0599 e. The Kier molecular flexibility index (Phi) is 1.41. The lowest BCUT2D eigenvalue weighted by Gasteiger charge is -2.32. The lowest BCUT2D eigenvalue weighted by atomic mass is 9.73. The van der Waals surface area contributed by atoms with Crippen LogP contribution in [0.5, 0.6) is 0 Å². The zero-order valence-electron chi connectivity index (χ0n) is 8.11. The SMILES string of the molecule is CC(C)(C)C1CCCC12CC2. The Morgan fingerprint density at radius 1 is 1.09 bits per heavy atom. The summed E-state index contributed by atoms with van der Waals surface area (Å²) >= 11 is 0. The van der Waals surface area contributed by atoms with E-state index in [1.54, 1.807) is 0 Å². The van der Waals surface area contributed by atoms with Crippen LogP contribution in [0.4, 0.5) is 0 Å². The van der Waals surface area contributed by atoms with Crippen molar-refractivity contribution in [2.24, 2.45) is 16.7 Å². The molecule has 11 heavy (non-hydrogen) atoms. The summed E-state index contributed by atoms with van der Waals surface area (Å²) in [6, 6.07) is 0. The van der Waals surface area contributed by atoms with Crippen LogP contribution in [0, 0.1) is 16.7 Å². The molecule has 0 heteroatoms. The highest BCUT2D eigenvalue weighted by atomic mass is 14.6. The van der Waals surface area contributed by atoms with Crippen LogP contribution < -0.4 is 0 Å². The van der Waals surface area contributed by atoms with Gasteiger partial charge in [0.1, 0.15) is 0 Å². The van der Waals surface area contributed by atoms with Crippen LogP contribution >= 0.6 is 0 Å². The minimum absolute atomic E-state index is 0.576. The summed E-state index contributed by atoms with van der Waals surface area (Å²) in [5, 5.41) is 0. The summed E-state index contributed by atoms with van der Waals surface area (Å²) < 4.78 is 0. The zero-order valence-corrected chi connectivity index (χ0v) is 8.11. The summed E-state index contributed by atoms with van der Waals surface area (Å²) in [5.41, 5.74) is 1.42. The average Bonchev–Trinajstić information content (AvgIpc) is 2.38. The molecule has 2 aliphatic rings. The molecule has 0 N–H and O–H groups in total. The third-order valence-corrected chi connectivity index (χ3v) is 3.84. The highest BCUT2D eigenvalue weighted by Crippen LogP contribution is 2.65. The molecule has 2 fully saturated rings. The van der Waals surface area contributed by atoms with E-state index in [1.165, 1.54) is 32.1 Å². The molecule has 0 aliphatic heterocycles. The molecule has 0 aromatic carbocycles. The topological polar surface area (TPSA) is 0 Å². The minimum atomic E-state index is 0.576. The molecule has 0 amide bonds. The Balaban J connectivity index is 2.14. The first-order valence-corrected chi connectivity index (χ1v) is 5.05. The van der Waals surface area contributed by atoms with Crippen LogP contribution in [0.1, 0.15) is 52.9 Å². The van der Waals surface area contributed by atoms with Gasteiger partial charge in [-0.3, -0.25) is 0 Å². The Labute approximate surface area is 70.4 Å². The molecule has 0 radical (unpaired) electrons. The molecule has 0 saturated heterocycles. The van der Waals surface area contributed by atoms with Gasteiger partial charge < -0.3 is 0 Å². The molecule has 0 nitrogen and oxygen atoms in total. The molecule has 1 atom stereocenters. The fourth-order valence-electron chi connectivity index (χ4n) is 3.25. The summed E-state index contributed by atoms with van der Waals surface area (Å²) in [4.78, 5) is 0. The predicted octanol–water partition coefficient (Wildman–Crippen LogP) is 3.61. The smallest absolute Gasteiger partial charge is 0.0264 e. The highest BCUT2D eigenvalue weighted by molar-refractivity contribution is 5.05. The fraction of sp³-hybridized carbons (Fsp3) is 1.00. The Bertz CT molecular complexity index is 157. The zero-order chi connectivity index (χ0) is 8.11.